The lowest BCUT2D eigenvalue weighted by Crippen LogP contribution is -2.32. The molecule has 0 unspecified atom stereocenters. The van der Waals surface area contributed by atoms with E-state index in [2.05, 4.69) is 25.3 Å². The number of carbonyl (C=O) groups excluding carboxylic acids is 1. The lowest BCUT2D eigenvalue weighted by atomic mass is 9.95. The summed E-state index contributed by atoms with van der Waals surface area (Å²) in [7, 11) is 1.35. The van der Waals surface area contributed by atoms with Crippen LogP contribution in [0.4, 0.5) is 10.8 Å². The first-order chi connectivity index (χ1) is 14.9. The van der Waals surface area contributed by atoms with E-state index in [0.717, 1.165) is 32.2 Å². The summed E-state index contributed by atoms with van der Waals surface area (Å²) in [6.07, 6.45) is 6.90. The van der Waals surface area contributed by atoms with E-state index in [1.54, 1.807) is 50.0 Å². The molecule has 0 amide bonds. The highest BCUT2D eigenvalue weighted by molar-refractivity contribution is 7.22. The number of methoxy groups -OCH3 is 1. The van der Waals surface area contributed by atoms with Crippen LogP contribution in [0.15, 0.2) is 55.1 Å². The summed E-state index contributed by atoms with van der Waals surface area (Å²) in [4.78, 5) is 28.8. The van der Waals surface area contributed by atoms with Gasteiger partial charge in [0, 0.05) is 29.8 Å². The minimum atomic E-state index is -0.778. The zero-order valence-electron chi connectivity index (χ0n) is 17.3. The molecule has 0 aliphatic rings. The Balaban J connectivity index is 1.40. The predicted molar refractivity (Wildman–Crippen MR) is 119 cm³/mol. The first-order valence-electron chi connectivity index (χ1n) is 9.56. The number of hydrogen-bond donors (Lipinski definition) is 1. The second-order valence-electron chi connectivity index (χ2n) is 7.48. The number of nitrogens with one attached hydrogen (secondary N) is 1. The van der Waals surface area contributed by atoms with Crippen molar-refractivity contribution in [2.24, 2.45) is 5.41 Å². The minimum absolute atomic E-state index is 0.126. The highest BCUT2D eigenvalue weighted by atomic mass is 32.1. The van der Waals surface area contributed by atoms with E-state index in [0.29, 0.717) is 0 Å². The molecule has 0 aliphatic carbocycles. The summed E-state index contributed by atoms with van der Waals surface area (Å²) >= 11 is 1.58. The summed E-state index contributed by atoms with van der Waals surface area (Å²) < 4.78 is 11.4. The van der Waals surface area contributed by atoms with Crippen molar-refractivity contribution < 1.29 is 14.3 Å². The molecule has 0 atom stereocenters. The molecule has 0 spiro atoms. The maximum Gasteiger partial charge on any atom is 0.316 e. The van der Waals surface area contributed by atoms with Gasteiger partial charge in [-0.1, -0.05) is 23.5 Å². The first-order valence-corrected chi connectivity index (χ1v) is 10.4. The number of nitrogens with zero attached hydrogens (tertiary/aromatic N) is 4. The molecule has 3 aromatic heterocycles. The van der Waals surface area contributed by atoms with Crippen molar-refractivity contribution in [3.63, 3.8) is 0 Å². The Morgan fingerprint density at radius 2 is 1.81 bits per heavy atom. The van der Waals surface area contributed by atoms with Gasteiger partial charge < -0.3 is 14.8 Å². The van der Waals surface area contributed by atoms with E-state index in [9.17, 15) is 4.79 Å². The standard InChI is InChI=1S/C22H21N5O3S/c1-22(2,19(28)29-3)13-30-20-24-10-15(11-25-20)14-4-6-16(7-5-14)26-21-27-17-12-23-9-8-18(17)31-21/h4-12H,13H2,1-3H3,(H,26,27). The molecule has 0 bridgehead atoms. The Bertz CT molecular complexity index is 1160. The van der Waals surface area contributed by atoms with Gasteiger partial charge in [0.1, 0.15) is 12.1 Å². The van der Waals surface area contributed by atoms with Crippen LogP contribution in [0.2, 0.25) is 0 Å². The van der Waals surface area contributed by atoms with E-state index in [1.165, 1.54) is 7.11 Å². The number of esters is 1. The van der Waals surface area contributed by atoms with Gasteiger partial charge in [0.25, 0.3) is 0 Å². The van der Waals surface area contributed by atoms with Crippen molar-refractivity contribution in [1.82, 2.24) is 19.9 Å². The highest BCUT2D eigenvalue weighted by Gasteiger charge is 2.30. The Morgan fingerprint density at radius 3 is 2.48 bits per heavy atom. The van der Waals surface area contributed by atoms with Crippen LogP contribution in [0.3, 0.4) is 0 Å². The number of ether oxygens (including phenoxy) is 2. The van der Waals surface area contributed by atoms with E-state index >= 15 is 0 Å². The van der Waals surface area contributed by atoms with E-state index in [1.807, 2.05) is 30.3 Å². The van der Waals surface area contributed by atoms with Gasteiger partial charge >= 0.3 is 12.0 Å². The number of aromatic nitrogens is 4. The van der Waals surface area contributed by atoms with Crippen LogP contribution >= 0.6 is 11.3 Å². The molecule has 158 valence electrons. The summed E-state index contributed by atoms with van der Waals surface area (Å²) in [5, 5.41) is 4.13. The van der Waals surface area contributed by atoms with Crippen LogP contribution in [0.5, 0.6) is 6.01 Å². The average molecular weight is 436 g/mol. The number of fused-ring (bicyclic) bond motifs is 1. The maximum atomic E-state index is 11.7. The fourth-order valence-corrected chi connectivity index (χ4v) is 3.68. The zero-order valence-corrected chi connectivity index (χ0v) is 18.1. The van der Waals surface area contributed by atoms with Crippen LogP contribution < -0.4 is 10.1 Å². The number of carbonyl (C=O) groups is 1. The largest absolute Gasteiger partial charge is 0.469 e. The summed E-state index contributed by atoms with van der Waals surface area (Å²) in [6, 6.07) is 10.1. The van der Waals surface area contributed by atoms with E-state index in [4.69, 9.17) is 9.47 Å². The number of pyridine rings is 1. The third-order valence-corrected chi connectivity index (χ3v) is 5.54. The Labute approximate surface area is 183 Å². The van der Waals surface area contributed by atoms with Crippen LogP contribution in [-0.2, 0) is 9.53 Å². The molecule has 1 aromatic carbocycles. The molecule has 4 rings (SSSR count). The molecule has 3 heterocycles. The fourth-order valence-electron chi connectivity index (χ4n) is 2.82. The normalized spacial score (nSPS) is 11.3. The van der Waals surface area contributed by atoms with Crippen LogP contribution in [0.1, 0.15) is 13.8 Å². The molecular formula is C22H21N5O3S. The zero-order chi connectivity index (χ0) is 21.8. The lowest BCUT2D eigenvalue weighted by molar-refractivity contribution is -0.152. The molecule has 31 heavy (non-hydrogen) atoms. The van der Waals surface area contributed by atoms with Crippen molar-refractivity contribution >= 4 is 38.3 Å². The predicted octanol–water partition coefficient (Wildman–Crippen LogP) is 4.47. The molecule has 8 nitrogen and oxygen atoms in total. The Kier molecular flexibility index (Phi) is 5.77. The van der Waals surface area contributed by atoms with Gasteiger partial charge in [-0.3, -0.25) is 9.78 Å². The maximum absolute atomic E-state index is 11.7. The first kappa shape index (κ1) is 20.7. The second kappa shape index (κ2) is 8.65. The monoisotopic (exact) mass is 435 g/mol. The number of benzene rings is 1. The van der Waals surface area contributed by atoms with Gasteiger partial charge in [0.05, 0.1) is 23.4 Å². The van der Waals surface area contributed by atoms with Crippen molar-refractivity contribution in [2.75, 3.05) is 19.0 Å². The van der Waals surface area contributed by atoms with E-state index < -0.39 is 5.41 Å². The van der Waals surface area contributed by atoms with Crippen molar-refractivity contribution in [3.05, 3.63) is 55.1 Å². The third-order valence-electron chi connectivity index (χ3n) is 4.59. The van der Waals surface area contributed by atoms with Crippen molar-refractivity contribution in [3.8, 4) is 17.1 Å². The minimum Gasteiger partial charge on any atom is -0.469 e. The molecule has 0 saturated heterocycles. The topological polar surface area (TPSA) is 99.1 Å². The smallest absolute Gasteiger partial charge is 0.316 e. The van der Waals surface area contributed by atoms with Crippen molar-refractivity contribution in [2.45, 2.75) is 13.8 Å². The molecule has 0 radical (unpaired) electrons. The molecular weight excluding hydrogens is 414 g/mol. The highest BCUT2D eigenvalue weighted by Crippen LogP contribution is 2.29. The lowest BCUT2D eigenvalue weighted by Gasteiger charge is -2.20. The molecule has 1 N–H and O–H groups in total. The van der Waals surface area contributed by atoms with Gasteiger partial charge in [-0.15, -0.1) is 0 Å². The molecule has 0 saturated carbocycles. The Morgan fingerprint density at radius 1 is 1.06 bits per heavy atom. The summed E-state index contributed by atoms with van der Waals surface area (Å²) in [6.45, 7) is 3.61. The molecule has 0 aliphatic heterocycles. The number of hydrogen-bond acceptors (Lipinski definition) is 9. The SMILES string of the molecule is COC(=O)C(C)(C)COc1ncc(-c2ccc(Nc3nc4cnccc4s3)cc2)cn1. The molecule has 9 heteroatoms. The van der Waals surface area contributed by atoms with Crippen LogP contribution in [-0.4, -0.2) is 39.6 Å². The average Bonchev–Trinajstić information content (AvgIpc) is 3.20. The molecule has 4 aromatic rings. The quantitative estimate of drug-likeness (QED) is 0.425. The Hall–Kier alpha value is -3.59. The van der Waals surface area contributed by atoms with Gasteiger partial charge in [-0.05, 0) is 37.6 Å². The third kappa shape index (κ3) is 4.77. The van der Waals surface area contributed by atoms with Gasteiger partial charge in [0.15, 0.2) is 5.13 Å². The molecule has 0 fully saturated rings. The number of anilines is 2. The van der Waals surface area contributed by atoms with Crippen LogP contribution in [0, 0.1) is 5.41 Å². The summed E-state index contributed by atoms with van der Waals surface area (Å²) in [5.74, 6) is -0.347. The van der Waals surface area contributed by atoms with E-state index in [-0.39, 0.29) is 18.6 Å². The van der Waals surface area contributed by atoms with Crippen LogP contribution in [0.25, 0.3) is 21.3 Å². The summed E-state index contributed by atoms with van der Waals surface area (Å²) in [5.41, 5.74) is 2.86. The van der Waals surface area contributed by atoms with Gasteiger partial charge in [-0.2, -0.15) is 0 Å². The number of rotatable bonds is 7. The van der Waals surface area contributed by atoms with Gasteiger partial charge in [0.2, 0.25) is 0 Å². The number of thiazole rings is 1. The second-order valence-corrected chi connectivity index (χ2v) is 8.51. The fraction of sp³-hybridized carbons (Fsp3) is 0.227. The van der Waals surface area contributed by atoms with Crippen molar-refractivity contribution in [1.29, 1.82) is 0 Å². The van der Waals surface area contributed by atoms with Gasteiger partial charge in [-0.25, -0.2) is 15.0 Å².